The zero-order valence-corrected chi connectivity index (χ0v) is 38.3. The average Bonchev–Trinajstić information content (AvgIpc) is 3.93. The zero-order valence-electron chi connectivity index (χ0n) is 38.3. The number of ether oxygens (including phenoxy) is 1. The minimum absolute atomic E-state index is 0.0892. The molecule has 0 spiro atoms. The van der Waals surface area contributed by atoms with Crippen molar-refractivity contribution in [3.63, 3.8) is 0 Å². The molecule has 10 aromatic carbocycles. The Morgan fingerprint density at radius 2 is 0.913 bits per heavy atom. The summed E-state index contributed by atoms with van der Waals surface area (Å²) in [6.45, 7) is 2.19. The van der Waals surface area contributed by atoms with Gasteiger partial charge in [0.2, 0.25) is 0 Å². The minimum Gasteiger partial charge on any atom is -0.458 e. The van der Waals surface area contributed by atoms with Gasteiger partial charge in [0.1, 0.15) is 11.5 Å². The van der Waals surface area contributed by atoms with E-state index in [0.29, 0.717) is 0 Å². The van der Waals surface area contributed by atoms with Gasteiger partial charge in [0, 0.05) is 61.5 Å². The highest BCUT2D eigenvalue weighted by molar-refractivity contribution is 6.99. The van der Waals surface area contributed by atoms with Crippen molar-refractivity contribution < 1.29 is 4.74 Å². The van der Waals surface area contributed by atoms with Crippen LogP contribution in [0, 0.1) is 0 Å². The molecule has 2 aromatic heterocycles. The number of rotatable bonds is 8. The topological polar surface area (TPSA) is 22.3 Å². The van der Waals surface area contributed by atoms with Crippen molar-refractivity contribution in [3.05, 3.63) is 230 Å². The van der Waals surface area contributed by atoms with Crippen molar-refractivity contribution in [2.75, 3.05) is 4.90 Å². The van der Waals surface area contributed by atoms with E-state index >= 15 is 0 Å². The SMILES string of the molecule is CCCCc1cc2c3c(c1)N(c1c(-c4ccccc4)cccc1-c1ccccc1)c1cc(-n4c5ccccc5c5ccccc54)ccc1B3c1ccc(-n3c4ccccc4c4ccccc43)cc1O2. The first-order chi connectivity index (χ1) is 34.2. The van der Waals surface area contributed by atoms with Crippen LogP contribution >= 0.6 is 0 Å². The summed E-state index contributed by atoms with van der Waals surface area (Å²) in [6.07, 6.45) is 3.14. The van der Waals surface area contributed by atoms with Crippen molar-refractivity contribution in [2.24, 2.45) is 0 Å². The molecule has 326 valence electrons. The largest absolute Gasteiger partial charge is 0.458 e. The molecule has 0 bridgehead atoms. The minimum atomic E-state index is -0.0892. The molecular formula is C64H46BN3O. The van der Waals surface area contributed by atoms with Gasteiger partial charge in [-0.15, -0.1) is 0 Å². The first-order valence-electron chi connectivity index (χ1n) is 24.4. The maximum atomic E-state index is 7.37. The molecule has 5 heteroatoms. The number of hydrogen-bond donors (Lipinski definition) is 0. The third-order valence-corrected chi connectivity index (χ3v) is 14.7. The molecule has 0 atom stereocenters. The molecule has 4 nitrogen and oxygen atoms in total. The van der Waals surface area contributed by atoms with Crippen molar-refractivity contribution in [2.45, 2.75) is 26.2 Å². The Hall–Kier alpha value is -8.54. The number of hydrogen-bond acceptors (Lipinski definition) is 2. The summed E-state index contributed by atoms with van der Waals surface area (Å²) in [7, 11) is 0. The zero-order chi connectivity index (χ0) is 45.6. The molecule has 0 N–H and O–H groups in total. The normalized spacial score (nSPS) is 12.7. The van der Waals surface area contributed by atoms with Gasteiger partial charge < -0.3 is 18.8 Å². The lowest BCUT2D eigenvalue weighted by atomic mass is 9.34. The van der Waals surface area contributed by atoms with E-state index in [-0.39, 0.29) is 6.71 Å². The van der Waals surface area contributed by atoms with Crippen molar-refractivity contribution >= 4 is 83.8 Å². The highest BCUT2D eigenvalue weighted by Crippen LogP contribution is 2.50. The van der Waals surface area contributed by atoms with Gasteiger partial charge in [-0.25, -0.2) is 0 Å². The summed E-state index contributed by atoms with van der Waals surface area (Å²) in [4.78, 5) is 2.60. The number of aromatic nitrogens is 2. The van der Waals surface area contributed by atoms with E-state index < -0.39 is 0 Å². The molecule has 0 fully saturated rings. The van der Waals surface area contributed by atoms with Gasteiger partial charge in [0.25, 0.3) is 6.71 Å². The van der Waals surface area contributed by atoms with E-state index in [1.165, 1.54) is 87.8 Å². The quantitative estimate of drug-likeness (QED) is 0.142. The lowest BCUT2D eigenvalue weighted by molar-refractivity contribution is 0.486. The van der Waals surface area contributed by atoms with Crippen LogP contribution in [-0.2, 0) is 6.42 Å². The fraction of sp³-hybridized carbons (Fsp3) is 0.0625. The standard InChI is InChI=1S/C64H46BN3O/c1-2-3-19-42-38-60-63-62(39-42)69-61-41-46(67-57-32-16-12-26-51(57)52-27-13-17-33-58(52)67)35-37-54(61)65(63)53-36-34-45(66-55-30-14-10-24-49(55)50-25-11-15-31-56(50)66)40-59(53)68(60)64-47(43-20-6-4-7-21-43)28-18-29-48(64)44-22-8-5-9-23-44/h4-18,20-41H,2-3,19H2,1H3. The lowest BCUT2D eigenvalue weighted by Crippen LogP contribution is -2.59. The smallest absolute Gasteiger partial charge is 0.256 e. The molecule has 0 aliphatic carbocycles. The van der Waals surface area contributed by atoms with Gasteiger partial charge in [-0.3, -0.25) is 0 Å². The van der Waals surface area contributed by atoms with Gasteiger partial charge in [-0.1, -0.05) is 177 Å². The second-order valence-electron chi connectivity index (χ2n) is 18.6. The van der Waals surface area contributed by atoms with Crippen LogP contribution in [0.4, 0.5) is 17.1 Å². The lowest BCUT2D eigenvalue weighted by Gasteiger charge is -2.42. The van der Waals surface area contributed by atoms with Crippen LogP contribution in [0.1, 0.15) is 25.3 Å². The van der Waals surface area contributed by atoms with E-state index in [0.717, 1.165) is 59.2 Å². The third kappa shape index (κ3) is 6.10. The molecule has 0 saturated heterocycles. The van der Waals surface area contributed by atoms with Gasteiger partial charge in [-0.05, 0) is 101 Å². The molecule has 2 aliphatic heterocycles. The Kier molecular flexibility index (Phi) is 9.06. The fourth-order valence-electron chi connectivity index (χ4n) is 11.7. The Morgan fingerprint density at radius 1 is 0.420 bits per heavy atom. The number of fused-ring (bicyclic) bond motifs is 10. The molecular weight excluding hydrogens is 838 g/mol. The van der Waals surface area contributed by atoms with Crippen molar-refractivity contribution in [1.82, 2.24) is 9.13 Å². The molecule has 2 aliphatic rings. The van der Waals surface area contributed by atoms with Crippen molar-refractivity contribution in [3.8, 4) is 45.1 Å². The average molecular weight is 884 g/mol. The van der Waals surface area contributed by atoms with E-state index in [4.69, 9.17) is 4.74 Å². The van der Waals surface area contributed by atoms with E-state index in [1.54, 1.807) is 0 Å². The third-order valence-electron chi connectivity index (χ3n) is 14.7. The molecule has 12 aromatic rings. The number of unbranched alkanes of at least 4 members (excludes halogenated alkanes) is 1. The van der Waals surface area contributed by atoms with E-state index in [1.807, 2.05) is 0 Å². The Labute approximate surface area is 402 Å². The summed E-state index contributed by atoms with van der Waals surface area (Å²) in [5.41, 5.74) is 20.0. The van der Waals surface area contributed by atoms with Gasteiger partial charge in [0.05, 0.1) is 27.8 Å². The van der Waals surface area contributed by atoms with Crippen LogP contribution in [0.3, 0.4) is 0 Å². The van der Waals surface area contributed by atoms with Crippen molar-refractivity contribution in [1.29, 1.82) is 0 Å². The number of aryl methyl sites for hydroxylation is 1. The van der Waals surface area contributed by atoms with Crippen LogP contribution < -0.4 is 26.0 Å². The molecule has 14 rings (SSSR count). The summed E-state index contributed by atoms with van der Waals surface area (Å²) in [5.74, 6) is 1.82. The molecule has 0 radical (unpaired) electrons. The fourth-order valence-corrected chi connectivity index (χ4v) is 11.7. The van der Waals surface area contributed by atoms with Crippen LogP contribution in [0.15, 0.2) is 224 Å². The van der Waals surface area contributed by atoms with Gasteiger partial charge >= 0.3 is 0 Å². The molecule has 0 amide bonds. The number of anilines is 3. The number of benzene rings is 10. The van der Waals surface area contributed by atoms with E-state index in [2.05, 4.69) is 245 Å². The molecule has 0 saturated carbocycles. The Balaban J connectivity index is 1.07. The van der Waals surface area contributed by atoms with Crippen LogP contribution in [0.5, 0.6) is 11.5 Å². The highest BCUT2D eigenvalue weighted by Gasteiger charge is 2.43. The Bertz CT molecular complexity index is 3840. The molecule has 69 heavy (non-hydrogen) atoms. The number of nitrogens with zero attached hydrogens (tertiary/aromatic N) is 3. The van der Waals surface area contributed by atoms with Gasteiger partial charge in [-0.2, -0.15) is 0 Å². The summed E-state index contributed by atoms with van der Waals surface area (Å²) in [5, 5.41) is 4.98. The monoisotopic (exact) mass is 883 g/mol. The van der Waals surface area contributed by atoms with Crippen LogP contribution in [-0.4, -0.2) is 15.8 Å². The predicted molar refractivity (Wildman–Crippen MR) is 290 cm³/mol. The highest BCUT2D eigenvalue weighted by atomic mass is 16.5. The summed E-state index contributed by atoms with van der Waals surface area (Å²) < 4.78 is 12.2. The summed E-state index contributed by atoms with van der Waals surface area (Å²) >= 11 is 0. The van der Waals surface area contributed by atoms with Gasteiger partial charge in [0.15, 0.2) is 0 Å². The first-order valence-corrected chi connectivity index (χ1v) is 24.4. The number of para-hydroxylation sites is 5. The molecule has 4 heterocycles. The first kappa shape index (κ1) is 39.6. The maximum Gasteiger partial charge on any atom is 0.256 e. The predicted octanol–water partition coefficient (Wildman–Crippen LogP) is 15.0. The maximum absolute atomic E-state index is 7.37. The van der Waals surface area contributed by atoms with Crippen LogP contribution in [0.25, 0.3) is 77.2 Å². The second-order valence-corrected chi connectivity index (χ2v) is 18.6. The van der Waals surface area contributed by atoms with Crippen LogP contribution in [0.2, 0.25) is 0 Å². The second kappa shape index (κ2) is 15.8. The Morgan fingerprint density at radius 3 is 1.45 bits per heavy atom. The molecule has 0 unspecified atom stereocenters. The summed E-state index contributed by atoms with van der Waals surface area (Å²) in [6, 6.07) is 82.7. The van der Waals surface area contributed by atoms with E-state index in [9.17, 15) is 0 Å².